The minimum absolute atomic E-state index is 0.244. The number of aromatic nitrogens is 7. The highest BCUT2D eigenvalue weighted by molar-refractivity contribution is 5.37. The van der Waals surface area contributed by atoms with Crippen LogP contribution in [0.25, 0.3) is 5.95 Å². The Morgan fingerprint density at radius 3 is 2.86 bits per heavy atom. The van der Waals surface area contributed by atoms with Gasteiger partial charge in [-0.3, -0.25) is 9.99 Å². The maximum absolute atomic E-state index is 5.36. The fraction of sp³-hybridized carbons (Fsp3) is 0.200. The molecule has 0 atom stereocenters. The van der Waals surface area contributed by atoms with Crippen LogP contribution < -0.4 is 16.6 Å². The Morgan fingerprint density at radius 1 is 1.24 bits per heavy atom. The first-order valence-corrected chi connectivity index (χ1v) is 6.05. The highest BCUT2D eigenvalue weighted by Crippen LogP contribution is 2.08. The molecule has 0 aliphatic heterocycles. The van der Waals surface area contributed by atoms with Gasteiger partial charge in [0.1, 0.15) is 6.33 Å². The van der Waals surface area contributed by atoms with Crippen molar-refractivity contribution in [1.29, 1.82) is 0 Å². The van der Waals surface area contributed by atoms with Crippen molar-refractivity contribution >= 4 is 11.9 Å². The molecule has 3 aromatic heterocycles. The van der Waals surface area contributed by atoms with Crippen molar-refractivity contribution in [3.63, 3.8) is 0 Å². The number of anilines is 2. The molecule has 0 aliphatic rings. The Bertz CT molecular complexity index is 680. The second kappa shape index (κ2) is 5.92. The van der Waals surface area contributed by atoms with Gasteiger partial charge in [-0.1, -0.05) is 5.16 Å². The maximum Gasteiger partial charge on any atom is 0.243 e. The fourth-order valence-corrected chi connectivity index (χ4v) is 1.59. The molecule has 0 saturated carbocycles. The molecule has 0 unspecified atom stereocenters. The van der Waals surface area contributed by atoms with E-state index in [-0.39, 0.29) is 5.95 Å². The lowest BCUT2D eigenvalue weighted by Gasteiger charge is -2.07. The van der Waals surface area contributed by atoms with E-state index in [2.05, 4.69) is 40.8 Å². The van der Waals surface area contributed by atoms with Gasteiger partial charge in [-0.25, -0.2) is 10.8 Å². The Labute approximate surface area is 118 Å². The van der Waals surface area contributed by atoms with Crippen LogP contribution in [0.15, 0.2) is 29.6 Å². The predicted molar refractivity (Wildman–Crippen MR) is 71.3 cm³/mol. The van der Waals surface area contributed by atoms with Crippen LogP contribution in [0.2, 0.25) is 0 Å². The molecule has 0 amide bonds. The summed E-state index contributed by atoms with van der Waals surface area (Å²) >= 11 is 0. The number of nitrogens with one attached hydrogen (secondary N) is 2. The van der Waals surface area contributed by atoms with E-state index in [1.807, 2.05) is 0 Å². The first-order valence-electron chi connectivity index (χ1n) is 6.05. The smallest absolute Gasteiger partial charge is 0.243 e. The predicted octanol–water partition coefficient (Wildman–Crippen LogP) is -0.619. The van der Waals surface area contributed by atoms with Crippen molar-refractivity contribution < 1.29 is 4.52 Å². The minimum Gasteiger partial charge on any atom is -0.354 e. The summed E-state index contributed by atoms with van der Waals surface area (Å²) in [6.07, 6.45) is 6.83. The van der Waals surface area contributed by atoms with Crippen molar-refractivity contribution in [3.05, 3.63) is 30.9 Å². The normalized spacial score (nSPS) is 10.5. The number of nitrogen functional groups attached to an aromatic ring is 1. The average Bonchev–Trinajstić information content (AvgIpc) is 3.20. The highest BCUT2D eigenvalue weighted by atomic mass is 16.5. The zero-order valence-corrected chi connectivity index (χ0v) is 10.8. The largest absolute Gasteiger partial charge is 0.354 e. The molecule has 21 heavy (non-hydrogen) atoms. The molecule has 0 saturated heterocycles. The van der Waals surface area contributed by atoms with E-state index < -0.39 is 0 Å². The highest BCUT2D eigenvalue weighted by Gasteiger charge is 2.07. The lowest BCUT2D eigenvalue weighted by atomic mass is 10.4. The standard InChI is InChI=1S/C10H12N10O/c11-19-9-16-8(13-2-1-7-14-5-15-21-7)17-10(18-9)20-4-3-12-6-20/h3-6H,1-2,11H2,(H2,13,16,17,18,19). The van der Waals surface area contributed by atoms with Gasteiger partial charge in [0.25, 0.3) is 0 Å². The number of nitrogens with two attached hydrogens (primary N) is 1. The molecule has 0 aliphatic carbocycles. The van der Waals surface area contributed by atoms with Gasteiger partial charge in [0, 0.05) is 25.4 Å². The van der Waals surface area contributed by atoms with Gasteiger partial charge in [-0.15, -0.1) is 0 Å². The molecular weight excluding hydrogens is 276 g/mol. The topological polar surface area (TPSA) is 145 Å². The van der Waals surface area contributed by atoms with E-state index in [0.29, 0.717) is 30.8 Å². The molecule has 3 aromatic rings. The molecule has 4 N–H and O–H groups in total. The number of nitrogens with zero attached hydrogens (tertiary/aromatic N) is 7. The number of hydrazine groups is 1. The van der Waals surface area contributed by atoms with Gasteiger partial charge in [0.05, 0.1) is 0 Å². The molecule has 3 rings (SSSR count). The van der Waals surface area contributed by atoms with Gasteiger partial charge < -0.3 is 9.84 Å². The van der Waals surface area contributed by atoms with Gasteiger partial charge in [-0.2, -0.15) is 19.9 Å². The summed E-state index contributed by atoms with van der Waals surface area (Å²) in [6, 6.07) is 0. The summed E-state index contributed by atoms with van der Waals surface area (Å²) in [7, 11) is 0. The minimum atomic E-state index is 0.244. The SMILES string of the molecule is NNc1nc(NCCc2ncno2)nc(-n2ccnc2)n1. The third-order valence-corrected chi connectivity index (χ3v) is 2.52. The summed E-state index contributed by atoms with van der Waals surface area (Å²) in [5.74, 6) is 6.91. The molecule has 108 valence electrons. The van der Waals surface area contributed by atoms with Crippen LogP contribution in [0, 0.1) is 0 Å². The van der Waals surface area contributed by atoms with Crippen LogP contribution in [0.1, 0.15) is 5.89 Å². The summed E-state index contributed by atoms with van der Waals surface area (Å²) in [6.45, 7) is 0.527. The average molecular weight is 288 g/mol. The number of hydrogen-bond donors (Lipinski definition) is 3. The van der Waals surface area contributed by atoms with E-state index in [1.165, 1.54) is 6.33 Å². The molecule has 0 bridgehead atoms. The number of rotatable bonds is 6. The summed E-state index contributed by atoms with van der Waals surface area (Å²) in [4.78, 5) is 20.4. The lowest BCUT2D eigenvalue weighted by molar-refractivity contribution is 0.379. The van der Waals surface area contributed by atoms with Crippen molar-refractivity contribution in [2.24, 2.45) is 5.84 Å². The fourth-order valence-electron chi connectivity index (χ4n) is 1.59. The van der Waals surface area contributed by atoms with E-state index in [9.17, 15) is 0 Å². The Morgan fingerprint density at radius 2 is 2.14 bits per heavy atom. The van der Waals surface area contributed by atoms with Crippen molar-refractivity contribution in [3.8, 4) is 5.95 Å². The zero-order valence-electron chi connectivity index (χ0n) is 10.8. The van der Waals surface area contributed by atoms with Crippen LogP contribution in [-0.2, 0) is 6.42 Å². The van der Waals surface area contributed by atoms with Gasteiger partial charge in [-0.05, 0) is 0 Å². The maximum atomic E-state index is 5.36. The van der Waals surface area contributed by atoms with Crippen molar-refractivity contribution in [1.82, 2.24) is 34.6 Å². The van der Waals surface area contributed by atoms with Gasteiger partial charge >= 0.3 is 0 Å². The molecule has 11 nitrogen and oxygen atoms in total. The summed E-state index contributed by atoms with van der Waals surface area (Å²) in [5, 5.41) is 6.57. The Hall–Kier alpha value is -3.08. The van der Waals surface area contributed by atoms with Crippen molar-refractivity contribution in [2.75, 3.05) is 17.3 Å². The number of hydrogen-bond acceptors (Lipinski definition) is 10. The summed E-state index contributed by atoms with van der Waals surface area (Å²) < 4.78 is 6.54. The second-order valence-electron chi connectivity index (χ2n) is 3.91. The molecule has 0 spiro atoms. The Kier molecular flexibility index (Phi) is 3.64. The van der Waals surface area contributed by atoms with E-state index in [0.717, 1.165) is 0 Å². The molecule has 0 radical (unpaired) electrons. The lowest BCUT2D eigenvalue weighted by Crippen LogP contribution is -2.16. The van der Waals surface area contributed by atoms with Crippen LogP contribution in [0.3, 0.4) is 0 Å². The van der Waals surface area contributed by atoms with Crippen LogP contribution in [0.5, 0.6) is 0 Å². The first kappa shape index (κ1) is 12.9. The molecule has 11 heteroatoms. The first-order chi connectivity index (χ1) is 10.3. The van der Waals surface area contributed by atoms with Gasteiger partial charge in [0.2, 0.25) is 23.7 Å². The quantitative estimate of drug-likeness (QED) is 0.396. The van der Waals surface area contributed by atoms with E-state index in [4.69, 9.17) is 10.4 Å². The third kappa shape index (κ3) is 3.09. The molecule has 0 fully saturated rings. The zero-order chi connectivity index (χ0) is 14.5. The molecular formula is C10H12N10O. The van der Waals surface area contributed by atoms with Crippen LogP contribution in [-0.4, -0.2) is 41.2 Å². The second-order valence-corrected chi connectivity index (χ2v) is 3.91. The number of imidazole rings is 1. The summed E-state index contributed by atoms with van der Waals surface area (Å²) in [5.41, 5.74) is 2.40. The van der Waals surface area contributed by atoms with Gasteiger partial charge in [0.15, 0.2) is 6.33 Å². The molecule has 0 aromatic carbocycles. The van der Waals surface area contributed by atoms with Crippen molar-refractivity contribution in [2.45, 2.75) is 6.42 Å². The van der Waals surface area contributed by atoms with Crippen LogP contribution in [0.4, 0.5) is 11.9 Å². The Balaban J connectivity index is 1.73. The van der Waals surface area contributed by atoms with E-state index >= 15 is 0 Å². The molecule has 3 heterocycles. The van der Waals surface area contributed by atoms with E-state index in [1.54, 1.807) is 23.3 Å². The monoisotopic (exact) mass is 288 g/mol. The van der Waals surface area contributed by atoms with Crippen LogP contribution >= 0.6 is 0 Å². The third-order valence-electron chi connectivity index (χ3n) is 2.52.